The molecular formula is C17H21NO2. The van der Waals surface area contributed by atoms with E-state index in [2.05, 4.69) is 4.98 Å². The van der Waals surface area contributed by atoms with Gasteiger partial charge in [0.15, 0.2) is 0 Å². The minimum atomic E-state index is -0.473. The fourth-order valence-electron chi connectivity index (χ4n) is 2.09. The molecule has 0 amide bonds. The molecule has 2 rings (SSSR count). The van der Waals surface area contributed by atoms with Crippen LogP contribution in [0.3, 0.4) is 0 Å². The van der Waals surface area contributed by atoms with Crippen LogP contribution >= 0.6 is 0 Å². The Balaban J connectivity index is 1.96. The zero-order valence-corrected chi connectivity index (χ0v) is 12.0. The maximum atomic E-state index is 10.3. The predicted molar refractivity (Wildman–Crippen MR) is 79.7 cm³/mol. The molecule has 1 heterocycles. The molecule has 1 atom stereocenters. The average molecular weight is 271 g/mol. The number of pyridine rings is 1. The Morgan fingerprint density at radius 1 is 1.15 bits per heavy atom. The van der Waals surface area contributed by atoms with E-state index in [0.717, 1.165) is 17.7 Å². The van der Waals surface area contributed by atoms with Crippen molar-refractivity contribution in [2.24, 2.45) is 0 Å². The van der Waals surface area contributed by atoms with Gasteiger partial charge in [0.05, 0.1) is 12.2 Å². The van der Waals surface area contributed by atoms with E-state index in [1.807, 2.05) is 50.2 Å². The molecule has 0 saturated carbocycles. The Kier molecular flexibility index (Phi) is 5.13. The van der Waals surface area contributed by atoms with Gasteiger partial charge in [0.2, 0.25) is 0 Å². The van der Waals surface area contributed by atoms with Crippen LogP contribution in [0.4, 0.5) is 0 Å². The third kappa shape index (κ3) is 4.35. The highest BCUT2D eigenvalue weighted by Crippen LogP contribution is 2.23. The van der Waals surface area contributed by atoms with Crippen molar-refractivity contribution < 1.29 is 9.84 Å². The summed E-state index contributed by atoms with van der Waals surface area (Å²) in [6, 6.07) is 11.6. The minimum Gasteiger partial charge on any atom is -0.491 e. The van der Waals surface area contributed by atoms with Gasteiger partial charge < -0.3 is 9.84 Å². The molecule has 1 aromatic heterocycles. The van der Waals surface area contributed by atoms with Crippen LogP contribution in [0.25, 0.3) is 0 Å². The lowest BCUT2D eigenvalue weighted by molar-refractivity contribution is 0.166. The number of ether oxygens (including phenoxy) is 1. The van der Waals surface area contributed by atoms with E-state index in [0.29, 0.717) is 6.42 Å². The van der Waals surface area contributed by atoms with Crippen molar-refractivity contribution in [3.63, 3.8) is 0 Å². The lowest BCUT2D eigenvalue weighted by atomic mass is 10.0. The SMILES string of the molecule is CC(C)Oc1cccc(C(O)CCc2ccncc2)c1. The molecule has 1 aromatic carbocycles. The summed E-state index contributed by atoms with van der Waals surface area (Å²) in [5.74, 6) is 0.806. The van der Waals surface area contributed by atoms with Gasteiger partial charge in [0.25, 0.3) is 0 Å². The third-order valence-electron chi connectivity index (χ3n) is 3.07. The second-order valence-corrected chi connectivity index (χ2v) is 5.15. The van der Waals surface area contributed by atoms with Gasteiger partial charge in [-0.05, 0) is 62.1 Å². The van der Waals surface area contributed by atoms with E-state index in [1.54, 1.807) is 12.4 Å². The zero-order chi connectivity index (χ0) is 14.4. The quantitative estimate of drug-likeness (QED) is 0.874. The highest BCUT2D eigenvalue weighted by Gasteiger charge is 2.09. The Labute approximate surface area is 120 Å². The molecule has 20 heavy (non-hydrogen) atoms. The van der Waals surface area contributed by atoms with Crippen LogP contribution in [0.2, 0.25) is 0 Å². The lowest BCUT2D eigenvalue weighted by Gasteiger charge is -2.14. The summed E-state index contributed by atoms with van der Waals surface area (Å²) in [5, 5.41) is 10.3. The van der Waals surface area contributed by atoms with Gasteiger partial charge in [-0.2, -0.15) is 0 Å². The third-order valence-corrected chi connectivity index (χ3v) is 3.07. The number of aryl methyl sites for hydroxylation is 1. The number of hydrogen-bond donors (Lipinski definition) is 1. The number of aliphatic hydroxyl groups is 1. The van der Waals surface area contributed by atoms with E-state index in [-0.39, 0.29) is 6.10 Å². The summed E-state index contributed by atoms with van der Waals surface area (Å²) >= 11 is 0. The molecule has 0 aliphatic carbocycles. The molecule has 0 saturated heterocycles. The monoisotopic (exact) mass is 271 g/mol. The van der Waals surface area contributed by atoms with Gasteiger partial charge in [-0.25, -0.2) is 0 Å². The molecule has 106 valence electrons. The molecule has 0 aliphatic heterocycles. The van der Waals surface area contributed by atoms with Crippen molar-refractivity contribution in [2.45, 2.75) is 38.9 Å². The molecule has 1 N–H and O–H groups in total. The molecular weight excluding hydrogens is 250 g/mol. The summed E-state index contributed by atoms with van der Waals surface area (Å²) in [5.41, 5.74) is 2.09. The van der Waals surface area contributed by atoms with Gasteiger partial charge in [-0.15, -0.1) is 0 Å². The van der Waals surface area contributed by atoms with Gasteiger partial charge in [-0.3, -0.25) is 4.98 Å². The van der Waals surface area contributed by atoms with Crippen LogP contribution in [0, 0.1) is 0 Å². The lowest BCUT2D eigenvalue weighted by Crippen LogP contribution is -2.06. The van der Waals surface area contributed by atoms with Crippen molar-refractivity contribution in [3.05, 3.63) is 59.9 Å². The van der Waals surface area contributed by atoms with Crippen molar-refractivity contribution in [1.82, 2.24) is 4.98 Å². The van der Waals surface area contributed by atoms with Crippen molar-refractivity contribution in [3.8, 4) is 5.75 Å². The standard InChI is InChI=1S/C17H21NO2/c1-13(2)20-16-5-3-4-15(12-16)17(19)7-6-14-8-10-18-11-9-14/h3-5,8-13,17,19H,6-7H2,1-2H3. The molecule has 2 aromatic rings. The number of hydrogen-bond acceptors (Lipinski definition) is 3. The maximum Gasteiger partial charge on any atom is 0.120 e. The number of aliphatic hydroxyl groups excluding tert-OH is 1. The normalized spacial score (nSPS) is 12.4. The van der Waals surface area contributed by atoms with Gasteiger partial charge in [0, 0.05) is 12.4 Å². The molecule has 0 radical (unpaired) electrons. The molecule has 0 aliphatic rings. The Bertz CT molecular complexity index is 526. The first-order valence-corrected chi connectivity index (χ1v) is 6.98. The second-order valence-electron chi connectivity index (χ2n) is 5.15. The first-order chi connectivity index (χ1) is 9.65. The van der Waals surface area contributed by atoms with Crippen LogP contribution in [0.5, 0.6) is 5.75 Å². The fraction of sp³-hybridized carbons (Fsp3) is 0.353. The van der Waals surface area contributed by atoms with E-state index in [1.165, 1.54) is 5.56 Å². The van der Waals surface area contributed by atoms with Crippen molar-refractivity contribution in [2.75, 3.05) is 0 Å². The van der Waals surface area contributed by atoms with Gasteiger partial charge in [-0.1, -0.05) is 12.1 Å². The highest BCUT2D eigenvalue weighted by atomic mass is 16.5. The van der Waals surface area contributed by atoms with E-state index < -0.39 is 6.10 Å². The van der Waals surface area contributed by atoms with Crippen LogP contribution in [0.1, 0.15) is 37.5 Å². The maximum absolute atomic E-state index is 10.3. The largest absolute Gasteiger partial charge is 0.491 e. The van der Waals surface area contributed by atoms with E-state index >= 15 is 0 Å². The molecule has 0 fully saturated rings. The Morgan fingerprint density at radius 2 is 1.90 bits per heavy atom. The molecule has 1 unspecified atom stereocenters. The van der Waals surface area contributed by atoms with Crippen LogP contribution in [0.15, 0.2) is 48.8 Å². The van der Waals surface area contributed by atoms with Crippen LogP contribution in [-0.4, -0.2) is 16.2 Å². The molecule has 3 nitrogen and oxygen atoms in total. The predicted octanol–water partition coefficient (Wildman–Crippen LogP) is 3.54. The number of benzene rings is 1. The number of aromatic nitrogens is 1. The van der Waals surface area contributed by atoms with E-state index in [9.17, 15) is 5.11 Å². The van der Waals surface area contributed by atoms with Gasteiger partial charge >= 0.3 is 0 Å². The zero-order valence-electron chi connectivity index (χ0n) is 12.0. The summed E-state index contributed by atoms with van der Waals surface area (Å²) in [6.45, 7) is 3.99. The topological polar surface area (TPSA) is 42.4 Å². The average Bonchev–Trinajstić information content (AvgIpc) is 2.45. The molecule has 3 heteroatoms. The Hall–Kier alpha value is -1.87. The fourth-order valence-corrected chi connectivity index (χ4v) is 2.09. The smallest absolute Gasteiger partial charge is 0.120 e. The first kappa shape index (κ1) is 14.5. The summed E-state index contributed by atoms with van der Waals surface area (Å²) in [6.07, 6.45) is 4.74. The summed E-state index contributed by atoms with van der Waals surface area (Å²) < 4.78 is 5.65. The van der Waals surface area contributed by atoms with E-state index in [4.69, 9.17) is 4.74 Å². The second kappa shape index (κ2) is 7.06. The molecule has 0 bridgehead atoms. The number of rotatable bonds is 6. The van der Waals surface area contributed by atoms with Crippen LogP contribution in [-0.2, 0) is 6.42 Å². The summed E-state index contributed by atoms with van der Waals surface area (Å²) in [4.78, 5) is 3.99. The number of nitrogens with zero attached hydrogens (tertiary/aromatic N) is 1. The first-order valence-electron chi connectivity index (χ1n) is 6.98. The Morgan fingerprint density at radius 3 is 2.60 bits per heavy atom. The van der Waals surface area contributed by atoms with Crippen molar-refractivity contribution in [1.29, 1.82) is 0 Å². The van der Waals surface area contributed by atoms with Gasteiger partial charge in [0.1, 0.15) is 5.75 Å². The van der Waals surface area contributed by atoms with Crippen LogP contribution < -0.4 is 4.74 Å². The highest BCUT2D eigenvalue weighted by molar-refractivity contribution is 5.30. The molecule has 0 spiro atoms. The summed E-state index contributed by atoms with van der Waals surface area (Å²) in [7, 11) is 0. The van der Waals surface area contributed by atoms with Crippen molar-refractivity contribution >= 4 is 0 Å². The minimum absolute atomic E-state index is 0.138.